The second-order valence-electron chi connectivity index (χ2n) is 5.61. The van der Waals surface area contributed by atoms with Crippen molar-refractivity contribution in [2.24, 2.45) is 0 Å². The van der Waals surface area contributed by atoms with Crippen LogP contribution in [0.25, 0.3) is 11.1 Å². The van der Waals surface area contributed by atoms with Crippen LogP contribution in [0, 0.1) is 0 Å². The molecule has 23 heavy (non-hydrogen) atoms. The summed E-state index contributed by atoms with van der Waals surface area (Å²) in [5, 5.41) is 9.36. The Bertz CT molecular complexity index is 629. The minimum atomic E-state index is -0.377. The average Bonchev–Trinajstić information content (AvgIpc) is 2.54. The first-order chi connectivity index (χ1) is 11.0. The highest BCUT2D eigenvalue weighted by molar-refractivity contribution is 5.89. The van der Waals surface area contributed by atoms with E-state index < -0.39 is 0 Å². The number of hydrogen-bond acceptors (Lipinski definition) is 4. The third-order valence-electron chi connectivity index (χ3n) is 3.50. The number of methoxy groups -OCH3 is 1. The Labute approximate surface area is 136 Å². The molecular formula is C19H22O4. The van der Waals surface area contributed by atoms with Gasteiger partial charge < -0.3 is 14.6 Å². The van der Waals surface area contributed by atoms with Gasteiger partial charge in [-0.15, -0.1) is 0 Å². The minimum Gasteiger partial charge on any atom is -0.491 e. The number of aliphatic hydroxyl groups is 1. The Morgan fingerprint density at radius 1 is 1.00 bits per heavy atom. The van der Waals surface area contributed by atoms with Gasteiger partial charge in [-0.1, -0.05) is 24.3 Å². The molecular weight excluding hydrogens is 292 g/mol. The predicted octanol–water partition coefficient (Wildman–Crippen LogP) is 3.68. The zero-order valence-electron chi connectivity index (χ0n) is 13.7. The molecule has 2 aromatic rings. The average molecular weight is 314 g/mol. The van der Waals surface area contributed by atoms with Crippen LogP contribution in [0.4, 0.5) is 0 Å². The van der Waals surface area contributed by atoms with Crippen molar-refractivity contribution in [3.63, 3.8) is 0 Å². The molecule has 0 spiro atoms. The number of benzene rings is 2. The number of carbonyl (C=O) groups is 1. The molecule has 0 aliphatic rings. The van der Waals surface area contributed by atoms with Gasteiger partial charge in [-0.3, -0.25) is 0 Å². The summed E-state index contributed by atoms with van der Waals surface area (Å²) in [7, 11) is 1.37. The maximum atomic E-state index is 11.4. The van der Waals surface area contributed by atoms with Crippen molar-refractivity contribution in [2.45, 2.75) is 32.5 Å². The lowest BCUT2D eigenvalue weighted by atomic mass is 10.0. The number of carbonyl (C=O) groups excluding carboxylic acids is 1. The first-order valence-corrected chi connectivity index (χ1v) is 7.63. The van der Waals surface area contributed by atoms with Gasteiger partial charge in [0, 0.05) is 6.42 Å². The molecule has 0 aromatic heterocycles. The Morgan fingerprint density at radius 3 is 2.00 bits per heavy atom. The van der Waals surface area contributed by atoms with Gasteiger partial charge >= 0.3 is 5.97 Å². The standard InChI is InChI=1S/C19H22O4/c1-13(20)12-14(2)23-18-10-8-16(9-11-18)15-4-6-17(7-5-15)19(21)22-3/h4-11,13-14,20H,12H2,1-3H3/t13-,14+/m0/s1. The molecule has 4 heteroatoms. The third kappa shape index (κ3) is 4.83. The molecule has 0 amide bonds. The lowest BCUT2D eigenvalue weighted by Gasteiger charge is -2.16. The Morgan fingerprint density at radius 2 is 1.52 bits per heavy atom. The van der Waals surface area contributed by atoms with Crippen molar-refractivity contribution in [3.8, 4) is 16.9 Å². The van der Waals surface area contributed by atoms with Crippen LogP contribution >= 0.6 is 0 Å². The fraction of sp³-hybridized carbons (Fsp3) is 0.316. The lowest BCUT2D eigenvalue weighted by molar-refractivity contribution is 0.0600. The Kier molecular flexibility index (Phi) is 5.77. The van der Waals surface area contributed by atoms with Crippen LogP contribution in [-0.2, 0) is 4.74 Å². The summed E-state index contributed by atoms with van der Waals surface area (Å²) in [4.78, 5) is 11.4. The predicted molar refractivity (Wildman–Crippen MR) is 89.6 cm³/mol. The van der Waals surface area contributed by atoms with E-state index in [4.69, 9.17) is 4.74 Å². The molecule has 2 atom stereocenters. The van der Waals surface area contributed by atoms with Gasteiger partial charge in [-0.2, -0.15) is 0 Å². The number of ether oxygens (including phenoxy) is 2. The van der Waals surface area contributed by atoms with Crippen LogP contribution in [0.15, 0.2) is 48.5 Å². The maximum Gasteiger partial charge on any atom is 0.337 e. The van der Waals surface area contributed by atoms with Gasteiger partial charge in [0.1, 0.15) is 5.75 Å². The second-order valence-corrected chi connectivity index (χ2v) is 5.61. The van der Waals surface area contributed by atoms with Crippen LogP contribution in [0.3, 0.4) is 0 Å². The molecule has 0 unspecified atom stereocenters. The van der Waals surface area contributed by atoms with Gasteiger partial charge in [-0.05, 0) is 49.2 Å². The highest BCUT2D eigenvalue weighted by atomic mass is 16.5. The summed E-state index contributed by atoms with van der Waals surface area (Å²) < 4.78 is 10.4. The molecule has 1 N–H and O–H groups in total. The minimum absolute atomic E-state index is 0.0415. The molecule has 0 heterocycles. The molecule has 0 aliphatic carbocycles. The number of esters is 1. The van der Waals surface area contributed by atoms with Crippen LogP contribution < -0.4 is 4.74 Å². The molecule has 0 radical (unpaired) electrons. The fourth-order valence-electron chi connectivity index (χ4n) is 2.40. The Balaban J connectivity index is 2.06. The molecule has 2 aromatic carbocycles. The summed E-state index contributed by atoms with van der Waals surface area (Å²) in [6.45, 7) is 3.69. The fourth-order valence-corrected chi connectivity index (χ4v) is 2.40. The number of rotatable bonds is 6. The molecule has 0 saturated heterocycles. The molecule has 0 bridgehead atoms. The summed E-state index contributed by atoms with van der Waals surface area (Å²) in [6, 6.07) is 15.0. The van der Waals surface area contributed by atoms with Gasteiger partial charge in [0.2, 0.25) is 0 Å². The maximum absolute atomic E-state index is 11.4. The van der Waals surface area contributed by atoms with Gasteiger partial charge in [0.15, 0.2) is 0 Å². The van der Waals surface area contributed by atoms with Crippen molar-refractivity contribution in [1.29, 1.82) is 0 Å². The van der Waals surface area contributed by atoms with Crippen LogP contribution in [0.5, 0.6) is 5.75 Å². The third-order valence-corrected chi connectivity index (χ3v) is 3.50. The van der Waals surface area contributed by atoms with E-state index in [1.54, 1.807) is 19.1 Å². The van der Waals surface area contributed by atoms with Crippen LogP contribution in [-0.4, -0.2) is 30.4 Å². The SMILES string of the molecule is COC(=O)c1ccc(-c2ccc(O[C@H](C)C[C@H](C)O)cc2)cc1. The molecule has 122 valence electrons. The highest BCUT2D eigenvalue weighted by Crippen LogP contribution is 2.24. The number of hydrogen-bond donors (Lipinski definition) is 1. The largest absolute Gasteiger partial charge is 0.491 e. The summed E-state index contributed by atoms with van der Waals surface area (Å²) in [5.74, 6) is 0.431. The van der Waals surface area contributed by atoms with Gasteiger partial charge in [0.25, 0.3) is 0 Å². The lowest BCUT2D eigenvalue weighted by Crippen LogP contribution is -2.18. The van der Waals surface area contributed by atoms with E-state index in [1.165, 1.54) is 7.11 Å². The van der Waals surface area contributed by atoms with Crippen molar-refractivity contribution >= 4 is 5.97 Å². The summed E-state index contributed by atoms with van der Waals surface area (Å²) in [5.41, 5.74) is 2.58. The van der Waals surface area contributed by atoms with Crippen LogP contribution in [0.1, 0.15) is 30.6 Å². The van der Waals surface area contributed by atoms with E-state index in [2.05, 4.69) is 4.74 Å². The topological polar surface area (TPSA) is 55.8 Å². The quantitative estimate of drug-likeness (QED) is 0.826. The second kappa shape index (κ2) is 7.79. The van der Waals surface area contributed by atoms with E-state index in [9.17, 15) is 9.90 Å². The summed E-state index contributed by atoms with van der Waals surface area (Å²) in [6.07, 6.45) is 0.175. The van der Waals surface area contributed by atoms with E-state index >= 15 is 0 Å². The molecule has 2 rings (SSSR count). The van der Waals surface area contributed by atoms with E-state index in [-0.39, 0.29) is 18.2 Å². The van der Waals surface area contributed by atoms with E-state index in [0.29, 0.717) is 12.0 Å². The van der Waals surface area contributed by atoms with E-state index in [1.807, 2.05) is 43.3 Å². The zero-order valence-corrected chi connectivity index (χ0v) is 13.7. The first-order valence-electron chi connectivity index (χ1n) is 7.63. The van der Waals surface area contributed by atoms with Crippen molar-refractivity contribution < 1.29 is 19.4 Å². The molecule has 0 saturated carbocycles. The van der Waals surface area contributed by atoms with Crippen molar-refractivity contribution in [3.05, 3.63) is 54.1 Å². The molecule has 4 nitrogen and oxygen atoms in total. The van der Waals surface area contributed by atoms with Crippen LogP contribution in [0.2, 0.25) is 0 Å². The summed E-state index contributed by atoms with van der Waals surface area (Å²) >= 11 is 0. The molecule has 0 fully saturated rings. The number of aliphatic hydroxyl groups excluding tert-OH is 1. The van der Waals surface area contributed by atoms with Gasteiger partial charge in [0.05, 0.1) is 24.9 Å². The van der Waals surface area contributed by atoms with Crippen molar-refractivity contribution in [1.82, 2.24) is 0 Å². The first kappa shape index (κ1) is 17.0. The zero-order chi connectivity index (χ0) is 16.8. The monoisotopic (exact) mass is 314 g/mol. The highest BCUT2D eigenvalue weighted by Gasteiger charge is 2.08. The normalized spacial score (nSPS) is 13.2. The Hall–Kier alpha value is -2.33. The molecule has 0 aliphatic heterocycles. The van der Waals surface area contributed by atoms with E-state index in [0.717, 1.165) is 16.9 Å². The smallest absolute Gasteiger partial charge is 0.337 e. The van der Waals surface area contributed by atoms with Gasteiger partial charge in [-0.25, -0.2) is 4.79 Å². The van der Waals surface area contributed by atoms with Crippen molar-refractivity contribution in [2.75, 3.05) is 7.11 Å².